The van der Waals surface area contributed by atoms with Gasteiger partial charge in [-0.15, -0.1) is 5.10 Å². The minimum atomic E-state index is -0.424. The molecule has 0 bridgehead atoms. The van der Waals surface area contributed by atoms with Crippen LogP contribution >= 0.6 is 0 Å². The van der Waals surface area contributed by atoms with Crippen LogP contribution in [0.3, 0.4) is 0 Å². The van der Waals surface area contributed by atoms with Crippen LogP contribution in [0.1, 0.15) is 23.7 Å². The summed E-state index contributed by atoms with van der Waals surface area (Å²) in [7, 11) is 0. The normalized spacial score (nSPS) is 10.4. The summed E-state index contributed by atoms with van der Waals surface area (Å²) in [5.74, 6) is -0.736. The summed E-state index contributed by atoms with van der Waals surface area (Å²) >= 11 is 0. The fraction of sp³-hybridized carbons (Fsp3) is 0.357. The van der Waals surface area contributed by atoms with Crippen molar-refractivity contribution >= 4 is 11.6 Å². The maximum absolute atomic E-state index is 13.8. The van der Waals surface area contributed by atoms with Gasteiger partial charge in [0.05, 0.1) is 24.0 Å². The first kappa shape index (κ1) is 15.0. The highest BCUT2D eigenvalue weighted by Crippen LogP contribution is 2.19. The highest BCUT2D eigenvalue weighted by molar-refractivity contribution is 5.99. The fourth-order valence-corrected chi connectivity index (χ4v) is 1.87. The van der Waals surface area contributed by atoms with E-state index in [4.69, 9.17) is 0 Å². The molecule has 0 aliphatic carbocycles. The van der Waals surface area contributed by atoms with Crippen LogP contribution in [0, 0.1) is 5.82 Å². The highest BCUT2D eigenvalue weighted by Gasteiger charge is 2.14. The molecule has 0 aliphatic rings. The lowest BCUT2D eigenvalue weighted by Gasteiger charge is -2.12. The first-order valence-corrected chi connectivity index (χ1v) is 6.87. The Labute approximate surface area is 122 Å². The van der Waals surface area contributed by atoms with Crippen LogP contribution in [-0.4, -0.2) is 34.0 Å². The molecule has 2 rings (SSSR count). The van der Waals surface area contributed by atoms with Crippen molar-refractivity contribution < 1.29 is 9.18 Å². The van der Waals surface area contributed by atoms with E-state index in [2.05, 4.69) is 20.9 Å². The summed E-state index contributed by atoms with van der Waals surface area (Å²) in [6.07, 6.45) is 4.13. The molecular weight excluding hydrogens is 273 g/mol. The third-order valence-electron chi connectivity index (χ3n) is 2.91. The topological polar surface area (TPSA) is 71.8 Å². The third kappa shape index (κ3) is 4.01. The van der Waals surface area contributed by atoms with Crippen LogP contribution in [-0.2, 0) is 6.54 Å². The molecule has 0 unspecified atom stereocenters. The zero-order valence-corrected chi connectivity index (χ0v) is 11.8. The van der Waals surface area contributed by atoms with Gasteiger partial charge in [-0.25, -0.2) is 4.39 Å². The van der Waals surface area contributed by atoms with Crippen LogP contribution in [0.25, 0.3) is 0 Å². The van der Waals surface area contributed by atoms with Gasteiger partial charge in [-0.05, 0) is 18.6 Å². The molecule has 1 aromatic heterocycles. The van der Waals surface area contributed by atoms with Crippen LogP contribution in [0.5, 0.6) is 0 Å². The average molecular weight is 291 g/mol. The number of para-hydroxylation sites is 1. The van der Waals surface area contributed by atoms with E-state index in [-0.39, 0.29) is 11.6 Å². The van der Waals surface area contributed by atoms with Gasteiger partial charge < -0.3 is 10.6 Å². The SMILES string of the molecule is CCCNc1c(F)cccc1C(=O)NCCn1ccnn1. The second-order valence-electron chi connectivity index (χ2n) is 4.51. The van der Waals surface area contributed by atoms with E-state index < -0.39 is 5.82 Å². The molecule has 0 atom stereocenters. The molecule has 0 spiro atoms. The number of hydrogen-bond acceptors (Lipinski definition) is 4. The van der Waals surface area contributed by atoms with Crippen molar-refractivity contribution in [2.24, 2.45) is 0 Å². The largest absolute Gasteiger partial charge is 0.382 e. The Balaban J connectivity index is 1.99. The predicted molar refractivity (Wildman–Crippen MR) is 77.5 cm³/mol. The minimum absolute atomic E-state index is 0.248. The molecule has 1 heterocycles. The number of nitrogens with zero attached hydrogens (tertiary/aromatic N) is 3. The van der Waals surface area contributed by atoms with Gasteiger partial charge in [0.15, 0.2) is 0 Å². The molecule has 7 heteroatoms. The number of halogens is 1. The number of aromatic nitrogens is 3. The van der Waals surface area contributed by atoms with E-state index in [1.165, 1.54) is 12.1 Å². The van der Waals surface area contributed by atoms with Gasteiger partial charge in [0, 0.05) is 19.3 Å². The minimum Gasteiger partial charge on any atom is -0.382 e. The van der Waals surface area contributed by atoms with Gasteiger partial charge >= 0.3 is 0 Å². The van der Waals surface area contributed by atoms with Crippen molar-refractivity contribution in [3.05, 3.63) is 42.0 Å². The molecule has 1 amide bonds. The Morgan fingerprint density at radius 2 is 2.24 bits per heavy atom. The number of carbonyl (C=O) groups is 1. The Hall–Kier alpha value is -2.44. The van der Waals surface area contributed by atoms with E-state index in [1.54, 1.807) is 23.1 Å². The number of anilines is 1. The van der Waals surface area contributed by atoms with E-state index in [9.17, 15) is 9.18 Å². The van der Waals surface area contributed by atoms with Crippen LogP contribution < -0.4 is 10.6 Å². The number of benzene rings is 1. The molecule has 0 fully saturated rings. The van der Waals surface area contributed by atoms with Crippen molar-refractivity contribution in [1.82, 2.24) is 20.3 Å². The Bertz CT molecular complexity index is 585. The molecule has 0 saturated carbocycles. The molecule has 112 valence electrons. The Morgan fingerprint density at radius 1 is 1.38 bits per heavy atom. The third-order valence-corrected chi connectivity index (χ3v) is 2.91. The van der Waals surface area contributed by atoms with E-state index in [0.717, 1.165) is 6.42 Å². The molecule has 0 saturated heterocycles. The monoisotopic (exact) mass is 291 g/mol. The lowest BCUT2D eigenvalue weighted by atomic mass is 10.1. The van der Waals surface area contributed by atoms with Crippen molar-refractivity contribution in [3.63, 3.8) is 0 Å². The lowest BCUT2D eigenvalue weighted by molar-refractivity contribution is 0.0952. The number of carbonyl (C=O) groups excluding carboxylic acids is 1. The first-order chi connectivity index (χ1) is 10.2. The van der Waals surface area contributed by atoms with E-state index in [1.807, 2.05) is 6.92 Å². The summed E-state index contributed by atoms with van der Waals surface area (Å²) in [4.78, 5) is 12.1. The molecule has 2 N–H and O–H groups in total. The number of hydrogen-bond donors (Lipinski definition) is 2. The summed E-state index contributed by atoms with van der Waals surface area (Å²) in [6.45, 7) is 3.50. The molecule has 0 radical (unpaired) electrons. The smallest absolute Gasteiger partial charge is 0.253 e. The lowest BCUT2D eigenvalue weighted by Crippen LogP contribution is -2.28. The molecule has 1 aromatic carbocycles. The summed E-state index contributed by atoms with van der Waals surface area (Å²) in [5.41, 5.74) is 0.555. The summed E-state index contributed by atoms with van der Waals surface area (Å²) in [6, 6.07) is 4.47. The maximum Gasteiger partial charge on any atom is 0.253 e. The van der Waals surface area contributed by atoms with Crippen molar-refractivity contribution in [2.45, 2.75) is 19.9 Å². The van der Waals surface area contributed by atoms with Gasteiger partial charge in [0.2, 0.25) is 0 Å². The van der Waals surface area contributed by atoms with Gasteiger partial charge in [0.25, 0.3) is 5.91 Å². The molecule has 6 nitrogen and oxygen atoms in total. The zero-order valence-electron chi connectivity index (χ0n) is 11.8. The van der Waals surface area contributed by atoms with Crippen molar-refractivity contribution in [2.75, 3.05) is 18.4 Å². The second-order valence-corrected chi connectivity index (χ2v) is 4.51. The quantitative estimate of drug-likeness (QED) is 0.814. The van der Waals surface area contributed by atoms with Crippen LogP contribution in [0.4, 0.5) is 10.1 Å². The zero-order chi connectivity index (χ0) is 15.1. The molecule has 2 aromatic rings. The van der Waals surface area contributed by atoms with E-state index in [0.29, 0.717) is 25.2 Å². The molecule has 21 heavy (non-hydrogen) atoms. The summed E-state index contributed by atoms with van der Waals surface area (Å²) in [5, 5.41) is 13.2. The number of nitrogens with one attached hydrogen (secondary N) is 2. The average Bonchev–Trinajstić information content (AvgIpc) is 2.99. The van der Waals surface area contributed by atoms with Gasteiger partial charge in [0.1, 0.15) is 5.82 Å². The first-order valence-electron chi connectivity index (χ1n) is 6.87. The highest BCUT2D eigenvalue weighted by atomic mass is 19.1. The Morgan fingerprint density at radius 3 is 2.95 bits per heavy atom. The maximum atomic E-state index is 13.8. The van der Waals surface area contributed by atoms with Crippen LogP contribution in [0.2, 0.25) is 0 Å². The fourth-order valence-electron chi connectivity index (χ4n) is 1.87. The predicted octanol–water partition coefficient (Wildman–Crippen LogP) is 1.67. The van der Waals surface area contributed by atoms with Crippen LogP contribution in [0.15, 0.2) is 30.6 Å². The number of amides is 1. The Kier molecular flexibility index (Phi) is 5.25. The standard InChI is InChI=1S/C14H18FN5O/c1-2-6-16-13-11(4-3-5-12(13)15)14(21)17-7-9-20-10-8-18-19-20/h3-5,8,10,16H,2,6-7,9H2,1H3,(H,17,21). The van der Waals surface area contributed by atoms with Crippen molar-refractivity contribution in [1.29, 1.82) is 0 Å². The van der Waals surface area contributed by atoms with Crippen molar-refractivity contribution in [3.8, 4) is 0 Å². The second kappa shape index (κ2) is 7.37. The van der Waals surface area contributed by atoms with Gasteiger partial charge in [-0.1, -0.05) is 18.2 Å². The summed E-state index contributed by atoms with van der Waals surface area (Å²) < 4.78 is 15.4. The number of rotatable bonds is 7. The molecule has 0 aliphatic heterocycles. The molecular formula is C14H18FN5O. The van der Waals surface area contributed by atoms with E-state index >= 15 is 0 Å². The van der Waals surface area contributed by atoms with Gasteiger partial charge in [-0.3, -0.25) is 9.48 Å². The van der Waals surface area contributed by atoms with Gasteiger partial charge in [-0.2, -0.15) is 0 Å².